The van der Waals surface area contributed by atoms with Crippen molar-refractivity contribution in [2.75, 3.05) is 0 Å². The van der Waals surface area contributed by atoms with Crippen LogP contribution >= 0.6 is 35.0 Å². The quantitative estimate of drug-likeness (QED) is 0.573. The smallest absolute Gasteiger partial charge is 0.130 e. The minimum absolute atomic E-state index is 0.441. The molecule has 1 aliphatic rings. The standard InChI is InChI=1S/C15H13Cl2NS/c16-14-7-15(17)18-8-12(14)9-19-13-5-4-10-2-1-3-11(10)6-13/h4-8H,1-3,9H2. The zero-order valence-electron chi connectivity index (χ0n) is 10.3. The summed E-state index contributed by atoms with van der Waals surface area (Å²) >= 11 is 13.7. The van der Waals surface area contributed by atoms with E-state index >= 15 is 0 Å². The van der Waals surface area contributed by atoms with E-state index in [1.165, 1.54) is 35.3 Å². The molecule has 98 valence electrons. The highest BCUT2D eigenvalue weighted by atomic mass is 35.5. The van der Waals surface area contributed by atoms with Gasteiger partial charge in [-0.25, -0.2) is 4.98 Å². The van der Waals surface area contributed by atoms with Gasteiger partial charge in [-0.3, -0.25) is 0 Å². The number of aryl methyl sites for hydroxylation is 2. The molecule has 0 amide bonds. The summed E-state index contributed by atoms with van der Waals surface area (Å²) in [6.45, 7) is 0. The van der Waals surface area contributed by atoms with Crippen LogP contribution in [0.3, 0.4) is 0 Å². The van der Waals surface area contributed by atoms with Crippen LogP contribution in [0, 0.1) is 0 Å². The maximum absolute atomic E-state index is 6.15. The molecular formula is C15H13Cl2NS. The van der Waals surface area contributed by atoms with Crippen LogP contribution in [0.25, 0.3) is 0 Å². The largest absolute Gasteiger partial charge is 0.244 e. The predicted octanol–water partition coefficient (Wildman–Crippen LogP) is 5.17. The molecule has 4 heteroatoms. The number of aromatic nitrogens is 1. The topological polar surface area (TPSA) is 12.9 Å². The van der Waals surface area contributed by atoms with Gasteiger partial charge >= 0.3 is 0 Å². The summed E-state index contributed by atoms with van der Waals surface area (Å²) in [5.41, 5.74) is 4.04. The van der Waals surface area contributed by atoms with Gasteiger partial charge in [0.05, 0.1) is 0 Å². The van der Waals surface area contributed by atoms with Crippen LogP contribution in [-0.2, 0) is 18.6 Å². The SMILES string of the molecule is Clc1cc(Cl)c(CSc2ccc3c(c2)CCC3)cn1. The van der Waals surface area contributed by atoms with Gasteiger partial charge in [0.2, 0.25) is 0 Å². The van der Waals surface area contributed by atoms with Gasteiger partial charge in [0.1, 0.15) is 5.15 Å². The average molecular weight is 310 g/mol. The summed E-state index contributed by atoms with van der Waals surface area (Å²) in [6, 6.07) is 8.46. The van der Waals surface area contributed by atoms with Crippen molar-refractivity contribution >= 4 is 35.0 Å². The molecule has 0 bridgehead atoms. The minimum atomic E-state index is 0.441. The van der Waals surface area contributed by atoms with Gasteiger partial charge in [0.15, 0.2) is 0 Å². The van der Waals surface area contributed by atoms with E-state index in [9.17, 15) is 0 Å². The van der Waals surface area contributed by atoms with Crippen LogP contribution in [0.15, 0.2) is 35.4 Å². The van der Waals surface area contributed by atoms with E-state index < -0.39 is 0 Å². The molecule has 0 radical (unpaired) electrons. The second kappa shape index (κ2) is 5.74. The van der Waals surface area contributed by atoms with Crippen molar-refractivity contribution in [3.63, 3.8) is 0 Å². The van der Waals surface area contributed by atoms with Gasteiger partial charge in [0, 0.05) is 21.9 Å². The van der Waals surface area contributed by atoms with Crippen LogP contribution in [0.5, 0.6) is 0 Å². The van der Waals surface area contributed by atoms with E-state index in [4.69, 9.17) is 23.2 Å². The minimum Gasteiger partial charge on any atom is -0.244 e. The molecule has 0 saturated carbocycles. The van der Waals surface area contributed by atoms with Gasteiger partial charge in [-0.15, -0.1) is 11.8 Å². The Balaban J connectivity index is 1.72. The summed E-state index contributed by atoms with van der Waals surface area (Å²) < 4.78 is 0. The third-order valence-electron chi connectivity index (χ3n) is 3.36. The molecule has 1 nitrogen and oxygen atoms in total. The summed E-state index contributed by atoms with van der Waals surface area (Å²) in [4.78, 5) is 5.38. The second-order valence-electron chi connectivity index (χ2n) is 4.67. The first-order valence-corrected chi connectivity index (χ1v) is 8.01. The molecular weight excluding hydrogens is 297 g/mol. The molecule has 0 saturated heterocycles. The predicted molar refractivity (Wildman–Crippen MR) is 82.3 cm³/mol. The van der Waals surface area contributed by atoms with Crippen LogP contribution < -0.4 is 0 Å². The Morgan fingerprint density at radius 1 is 1.11 bits per heavy atom. The normalized spacial score (nSPS) is 13.6. The third kappa shape index (κ3) is 3.07. The van der Waals surface area contributed by atoms with Gasteiger partial charge in [-0.2, -0.15) is 0 Å². The second-order valence-corrected chi connectivity index (χ2v) is 6.51. The number of pyridine rings is 1. The molecule has 0 spiro atoms. The zero-order chi connectivity index (χ0) is 13.2. The lowest BCUT2D eigenvalue weighted by molar-refractivity contribution is 0.911. The fraction of sp³-hybridized carbons (Fsp3) is 0.267. The van der Waals surface area contributed by atoms with Crippen LogP contribution in [0.4, 0.5) is 0 Å². The van der Waals surface area contributed by atoms with Gasteiger partial charge in [0.25, 0.3) is 0 Å². The number of nitrogens with zero attached hydrogens (tertiary/aromatic N) is 1. The Bertz CT molecular complexity index is 613. The van der Waals surface area contributed by atoms with E-state index in [1.54, 1.807) is 24.0 Å². The van der Waals surface area contributed by atoms with Crippen molar-refractivity contribution in [3.8, 4) is 0 Å². The van der Waals surface area contributed by atoms with Crippen molar-refractivity contribution in [1.82, 2.24) is 4.98 Å². The summed E-state index contributed by atoms with van der Waals surface area (Å²) in [5.74, 6) is 0.821. The Morgan fingerprint density at radius 3 is 2.79 bits per heavy atom. The van der Waals surface area contributed by atoms with E-state index in [0.29, 0.717) is 10.2 Å². The van der Waals surface area contributed by atoms with Crippen molar-refractivity contribution in [3.05, 3.63) is 57.3 Å². The first-order chi connectivity index (χ1) is 9.22. The van der Waals surface area contributed by atoms with Crippen molar-refractivity contribution in [2.24, 2.45) is 0 Å². The van der Waals surface area contributed by atoms with Crippen LogP contribution in [0.1, 0.15) is 23.1 Å². The lowest BCUT2D eigenvalue weighted by Crippen LogP contribution is -1.87. The highest BCUT2D eigenvalue weighted by molar-refractivity contribution is 7.98. The number of fused-ring (bicyclic) bond motifs is 1. The monoisotopic (exact) mass is 309 g/mol. The molecule has 0 N–H and O–H groups in total. The summed E-state index contributed by atoms with van der Waals surface area (Å²) in [6.07, 6.45) is 5.49. The van der Waals surface area contributed by atoms with Gasteiger partial charge in [-0.05, 0) is 54.2 Å². The Morgan fingerprint density at radius 2 is 1.95 bits per heavy atom. The molecule has 0 atom stereocenters. The Hall–Kier alpha value is -0.700. The molecule has 0 fully saturated rings. The fourth-order valence-corrected chi connectivity index (χ4v) is 3.80. The Labute approximate surface area is 127 Å². The van der Waals surface area contributed by atoms with Gasteiger partial charge in [-0.1, -0.05) is 29.3 Å². The third-order valence-corrected chi connectivity index (χ3v) is 4.96. The lowest BCUT2D eigenvalue weighted by atomic mass is 10.1. The summed E-state index contributed by atoms with van der Waals surface area (Å²) in [5, 5.41) is 1.13. The van der Waals surface area contributed by atoms with Gasteiger partial charge < -0.3 is 0 Å². The molecule has 1 aromatic heterocycles. The molecule has 1 aromatic carbocycles. The highest BCUT2D eigenvalue weighted by Crippen LogP contribution is 2.31. The first-order valence-electron chi connectivity index (χ1n) is 6.27. The molecule has 3 rings (SSSR count). The maximum Gasteiger partial charge on any atom is 0.130 e. The number of rotatable bonds is 3. The van der Waals surface area contributed by atoms with E-state index in [0.717, 1.165) is 11.3 Å². The fourth-order valence-electron chi connectivity index (χ4n) is 2.34. The van der Waals surface area contributed by atoms with Crippen molar-refractivity contribution in [2.45, 2.75) is 29.9 Å². The number of benzene rings is 1. The molecule has 19 heavy (non-hydrogen) atoms. The lowest BCUT2D eigenvalue weighted by Gasteiger charge is -2.06. The number of hydrogen-bond acceptors (Lipinski definition) is 2. The molecule has 0 unspecified atom stereocenters. The maximum atomic E-state index is 6.15. The van der Waals surface area contributed by atoms with Crippen LogP contribution in [-0.4, -0.2) is 4.98 Å². The van der Waals surface area contributed by atoms with E-state index in [1.807, 2.05) is 0 Å². The van der Waals surface area contributed by atoms with Crippen LogP contribution in [0.2, 0.25) is 10.2 Å². The molecule has 1 aliphatic carbocycles. The van der Waals surface area contributed by atoms with Crippen molar-refractivity contribution in [1.29, 1.82) is 0 Å². The average Bonchev–Trinajstić information content (AvgIpc) is 2.85. The molecule has 1 heterocycles. The molecule has 0 aliphatic heterocycles. The Kier molecular flexibility index (Phi) is 4.01. The first kappa shape index (κ1) is 13.3. The molecule has 2 aromatic rings. The van der Waals surface area contributed by atoms with E-state index in [2.05, 4.69) is 23.2 Å². The number of halogens is 2. The zero-order valence-corrected chi connectivity index (χ0v) is 12.7. The summed E-state index contributed by atoms with van der Waals surface area (Å²) in [7, 11) is 0. The van der Waals surface area contributed by atoms with Crippen molar-refractivity contribution < 1.29 is 0 Å². The highest BCUT2D eigenvalue weighted by Gasteiger charge is 2.11. The number of thioether (sulfide) groups is 1. The number of hydrogen-bond donors (Lipinski definition) is 0. The van der Waals surface area contributed by atoms with E-state index in [-0.39, 0.29) is 0 Å².